The second-order valence-corrected chi connectivity index (χ2v) is 9.12. The largest absolute Gasteiger partial charge is 0.337 e. The molecule has 1 aromatic heterocycles. The highest BCUT2D eigenvalue weighted by Gasteiger charge is 2.32. The molecule has 0 aliphatic heterocycles. The van der Waals surface area contributed by atoms with Crippen LogP contribution in [0.5, 0.6) is 0 Å². The quantitative estimate of drug-likeness (QED) is 0.422. The summed E-state index contributed by atoms with van der Waals surface area (Å²) < 4.78 is 2.01. The van der Waals surface area contributed by atoms with E-state index in [0.29, 0.717) is 11.6 Å². The Morgan fingerprint density at radius 1 is 1.00 bits per heavy atom. The summed E-state index contributed by atoms with van der Waals surface area (Å²) in [5, 5.41) is 22.3. The van der Waals surface area contributed by atoms with Gasteiger partial charge in [0.15, 0.2) is 5.16 Å². The van der Waals surface area contributed by atoms with Crippen molar-refractivity contribution in [1.82, 2.24) is 20.1 Å². The first-order valence-corrected chi connectivity index (χ1v) is 12.1. The summed E-state index contributed by atoms with van der Waals surface area (Å²) in [6.07, 6.45) is 6.30. The van der Waals surface area contributed by atoms with E-state index in [1.165, 1.54) is 11.8 Å². The number of nitrogens with zero attached hydrogens (tertiary/aromatic N) is 4. The third-order valence-corrected chi connectivity index (χ3v) is 6.73. The lowest BCUT2D eigenvalue weighted by Crippen LogP contribution is -2.47. The Bertz CT molecular complexity index is 1070. The minimum absolute atomic E-state index is 0.134. The lowest BCUT2D eigenvalue weighted by molar-refractivity contribution is -0.120. The van der Waals surface area contributed by atoms with Gasteiger partial charge >= 0.3 is 0 Å². The van der Waals surface area contributed by atoms with E-state index in [4.69, 9.17) is 0 Å². The van der Waals surface area contributed by atoms with Crippen LogP contribution in [0.25, 0.3) is 5.69 Å². The SMILES string of the molecule is N#CC1(NC(=O)CSc2nnc(Cc3ccccc3)n2-c2ccccc2)CCCCCC1. The van der Waals surface area contributed by atoms with Gasteiger partial charge in [-0.1, -0.05) is 86.0 Å². The van der Waals surface area contributed by atoms with Crippen molar-refractivity contribution >= 4 is 17.7 Å². The molecule has 1 heterocycles. The highest BCUT2D eigenvalue weighted by atomic mass is 32.2. The number of amides is 1. The molecule has 2 aromatic carbocycles. The Morgan fingerprint density at radius 2 is 1.66 bits per heavy atom. The maximum Gasteiger partial charge on any atom is 0.231 e. The minimum Gasteiger partial charge on any atom is -0.337 e. The molecule has 1 amide bonds. The Labute approximate surface area is 193 Å². The number of hydrogen-bond donors (Lipinski definition) is 1. The van der Waals surface area contributed by atoms with Gasteiger partial charge in [-0.25, -0.2) is 0 Å². The van der Waals surface area contributed by atoms with Gasteiger partial charge in [0, 0.05) is 12.1 Å². The first-order chi connectivity index (χ1) is 15.7. The normalized spacial score (nSPS) is 15.5. The molecule has 1 N–H and O–H groups in total. The van der Waals surface area contributed by atoms with E-state index < -0.39 is 5.54 Å². The Hall–Kier alpha value is -3.11. The van der Waals surface area contributed by atoms with Crippen molar-refractivity contribution in [1.29, 1.82) is 5.26 Å². The van der Waals surface area contributed by atoms with E-state index in [9.17, 15) is 10.1 Å². The van der Waals surface area contributed by atoms with Crippen LogP contribution in [0.2, 0.25) is 0 Å². The Kier molecular flexibility index (Phi) is 7.23. The molecule has 4 rings (SSSR count). The van der Waals surface area contributed by atoms with E-state index in [-0.39, 0.29) is 11.7 Å². The number of carbonyl (C=O) groups is 1. The molecule has 7 heteroatoms. The second kappa shape index (κ2) is 10.5. The summed E-state index contributed by atoms with van der Waals surface area (Å²) in [5.41, 5.74) is 1.37. The maximum atomic E-state index is 12.8. The molecule has 0 saturated heterocycles. The smallest absolute Gasteiger partial charge is 0.231 e. The molecule has 0 atom stereocenters. The molecule has 6 nitrogen and oxygen atoms in total. The molecule has 32 heavy (non-hydrogen) atoms. The van der Waals surface area contributed by atoms with Crippen LogP contribution in [-0.2, 0) is 11.2 Å². The number of para-hydroxylation sites is 1. The zero-order valence-electron chi connectivity index (χ0n) is 18.0. The lowest BCUT2D eigenvalue weighted by Gasteiger charge is -2.26. The number of nitriles is 1. The molecule has 1 fully saturated rings. The lowest BCUT2D eigenvalue weighted by atomic mass is 9.92. The average Bonchev–Trinajstić information content (AvgIpc) is 3.07. The molecular formula is C25H27N5OS. The first-order valence-electron chi connectivity index (χ1n) is 11.1. The number of aromatic nitrogens is 3. The predicted octanol–water partition coefficient (Wildman–Crippen LogP) is 4.68. The molecule has 3 aromatic rings. The Balaban J connectivity index is 1.51. The number of carbonyl (C=O) groups excluding carboxylic acids is 1. The molecule has 1 aliphatic carbocycles. The number of hydrogen-bond acceptors (Lipinski definition) is 5. The van der Waals surface area contributed by atoms with Crippen LogP contribution >= 0.6 is 11.8 Å². The highest BCUT2D eigenvalue weighted by Crippen LogP contribution is 2.28. The highest BCUT2D eigenvalue weighted by molar-refractivity contribution is 7.99. The molecule has 164 valence electrons. The molecule has 0 spiro atoms. The van der Waals surface area contributed by atoms with Crippen LogP contribution < -0.4 is 5.32 Å². The van der Waals surface area contributed by atoms with Crippen LogP contribution in [0, 0.1) is 11.3 Å². The maximum absolute atomic E-state index is 12.8. The van der Waals surface area contributed by atoms with Crippen LogP contribution in [0.1, 0.15) is 49.9 Å². The van der Waals surface area contributed by atoms with E-state index >= 15 is 0 Å². The standard InChI is InChI=1S/C25H27N5OS/c26-19-25(15-9-1-2-10-16-25)27-23(31)18-32-24-29-28-22(17-20-11-5-3-6-12-20)30(24)21-13-7-4-8-14-21/h3-8,11-14H,1-2,9-10,15-18H2,(H,27,31). The van der Waals surface area contributed by atoms with E-state index in [0.717, 1.165) is 55.6 Å². The third kappa shape index (κ3) is 5.38. The Morgan fingerprint density at radius 3 is 2.31 bits per heavy atom. The van der Waals surface area contributed by atoms with Crippen LogP contribution in [-0.4, -0.2) is 32.0 Å². The zero-order valence-corrected chi connectivity index (χ0v) is 18.9. The van der Waals surface area contributed by atoms with E-state index in [2.05, 4.69) is 33.7 Å². The van der Waals surface area contributed by atoms with Crippen LogP contribution in [0.4, 0.5) is 0 Å². The van der Waals surface area contributed by atoms with Gasteiger partial charge in [-0.2, -0.15) is 5.26 Å². The van der Waals surface area contributed by atoms with E-state index in [1.807, 2.05) is 53.1 Å². The summed E-state index contributed by atoms with van der Waals surface area (Å²) >= 11 is 1.35. The van der Waals surface area contributed by atoms with Crippen molar-refractivity contribution in [3.05, 3.63) is 72.1 Å². The van der Waals surface area contributed by atoms with E-state index in [1.54, 1.807) is 0 Å². The average molecular weight is 446 g/mol. The van der Waals surface area contributed by atoms with Crippen LogP contribution in [0.3, 0.4) is 0 Å². The van der Waals surface area contributed by atoms with Crippen molar-refractivity contribution in [2.24, 2.45) is 0 Å². The van der Waals surface area contributed by atoms with Gasteiger partial charge in [-0.15, -0.1) is 10.2 Å². The summed E-state index contributed by atoms with van der Waals surface area (Å²) in [7, 11) is 0. The van der Waals surface area contributed by atoms with Crippen molar-refractivity contribution in [3.63, 3.8) is 0 Å². The number of thioether (sulfide) groups is 1. The van der Waals surface area contributed by atoms with Crippen molar-refractivity contribution < 1.29 is 4.79 Å². The molecular weight excluding hydrogens is 418 g/mol. The summed E-state index contributed by atoms with van der Waals surface area (Å²) in [6.45, 7) is 0. The fraction of sp³-hybridized carbons (Fsp3) is 0.360. The monoisotopic (exact) mass is 445 g/mol. The van der Waals surface area contributed by atoms with Gasteiger partial charge in [0.1, 0.15) is 11.4 Å². The molecule has 0 unspecified atom stereocenters. The van der Waals surface area contributed by atoms with Gasteiger partial charge in [0.25, 0.3) is 0 Å². The fourth-order valence-electron chi connectivity index (χ4n) is 4.15. The summed E-state index contributed by atoms with van der Waals surface area (Å²) in [4.78, 5) is 12.8. The number of rotatable bonds is 7. The van der Waals surface area contributed by atoms with Gasteiger partial charge in [0.05, 0.1) is 11.8 Å². The van der Waals surface area contributed by atoms with Crippen molar-refractivity contribution in [3.8, 4) is 11.8 Å². The van der Waals surface area contributed by atoms with Gasteiger partial charge < -0.3 is 5.32 Å². The molecule has 1 saturated carbocycles. The predicted molar refractivity (Wildman–Crippen MR) is 126 cm³/mol. The van der Waals surface area contributed by atoms with Gasteiger partial charge in [-0.05, 0) is 30.5 Å². The molecule has 1 aliphatic rings. The fourth-order valence-corrected chi connectivity index (χ4v) is 4.92. The second-order valence-electron chi connectivity index (χ2n) is 8.18. The topological polar surface area (TPSA) is 83.6 Å². The number of nitrogens with one attached hydrogen (secondary N) is 1. The molecule has 0 bridgehead atoms. The summed E-state index contributed by atoms with van der Waals surface area (Å²) in [5.74, 6) is 0.882. The first kappa shape index (κ1) is 22.1. The van der Waals surface area contributed by atoms with Crippen molar-refractivity contribution in [2.45, 2.75) is 55.6 Å². The van der Waals surface area contributed by atoms with Gasteiger partial charge in [-0.3, -0.25) is 9.36 Å². The van der Waals surface area contributed by atoms with Crippen LogP contribution in [0.15, 0.2) is 65.8 Å². The van der Waals surface area contributed by atoms with Crippen molar-refractivity contribution in [2.75, 3.05) is 5.75 Å². The minimum atomic E-state index is -0.736. The zero-order chi connectivity index (χ0) is 22.2. The number of benzene rings is 2. The molecule has 0 radical (unpaired) electrons. The summed E-state index contributed by atoms with van der Waals surface area (Å²) in [6, 6.07) is 22.5. The third-order valence-electron chi connectivity index (χ3n) is 5.80. The van der Waals surface area contributed by atoms with Gasteiger partial charge in [0.2, 0.25) is 5.91 Å².